The maximum Gasteiger partial charge on any atom is 0.248 e. The number of carbonyl (C=O) groups is 1. The molecule has 0 unspecified atom stereocenters. The summed E-state index contributed by atoms with van der Waals surface area (Å²) in [7, 11) is 1.53. The molecular weight excluding hydrogens is 318 g/mol. The van der Waals surface area contributed by atoms with Crippen molar-refractivity contribution in [1.29, 1.82) is 0 Å². The molecular formula is C16H18ClN3O3. The predicted octanol–water partition coefficient (Wildman–Crippen LogP) is 2.74. The van der Waals surface area contributed by atoms with E-state index < -0.39 is 0 Å². The first-order chi connectivity index (χ1) is 11.2. The van der Waals surface area contributed by atoms with Gasteiger partial charge in [0.1, 0.15) is 6.61 Å². The monoisotopic (exact) mass is 335 g/mol. The van der Waals surface area contributed by atoms with Crippen molar-refractivity contribution in [3.05, 3.63) is 35.2 Å². The van der Waals surface area contributed by atoms with Gasteiger partial charge in [0.05, 0.1) is 0 Å². The van der Waals surface area contributed by atoms with Gasteiger partial charge in [-0.2, -0.15) is 4.98 Å². The summed E-state index contributed by atoms with van der Waals surface area (Å²) in [5.74, 6) is 1.37. The van der Waals surface area contributed by atoms with Crippen LogP contribution in [0.3, 0.4) is 0 Å². The molecule has 1 aromatic heterocycles. The van der Waals surface area contributed by atoms with E-state index in [-0.39, 0.29) is 18.4 Å². The largest absolute Gasteiger partial charge is 0.375 e. The Morgan fingerprint density at radius 2 is 2.22 bits per heavy atom. The molecule has 1 saturated heterocycles. The van der Waals surface area contributed by atoms with Gasteiger partial charge in [-0.3, -0.25) is 4.79 Å². The highest BCUT2D eigenvalue weighted by molar-refractivity contribution is 6.30. The molecule has 0 spiro atoms. The minimum absolute atomic E-state index is 0.0242. The zero-order valence-corrected chi connectivity index (χ0v) is 13.6. The lowest BCUT2D eigenvalue weighted by Crippen LogP contribution is -2.39. The molecule has 0 radical (unpaired) electrons. The Kier molecular flexibility index (Phi) is 4.93. The fraction of sp³-hybridized carbons (Fsp3) is 0.438. The lowest BCUT2D eigenvalue weighted by Gasteiger charge is -2.30. The van der Waals surface area contributed by atoms with Crippen LogP contribution in [-0.2, 0) is 9.53 Å². The zero-order chi connectivity index (χ0) is 16.2. The van der Waals surface area contributed by atoms with Gasteiger partial charge in [-0.25, -0.2) is 0 Å². The number of hydrogen-bond donors (Lipinski definition) is 0. The summed E-state index contributed by atoms with van der Waals surface area (Å²) < 4.78 is 10.3. The Balaban J connectivity index is 1.65. The highest BCUT2D eigenvalue weighted by Gasteiger charge is 2.27. The minimum atomic E-state index is 0.0242. The SMILES string of the molecule is COCC(=O)N1CCC(c2nc(-c3cccc(Cl)c3)no2)CC1. The second kappa shape index (κ2) is 7.10. The van der Waals surface area contributed by atoms with Crippen LogP contribution in [0.2, 0.25) is 5.02 Å². The molecule has 122 valence electrons. The van der Waals surface area contributed by atoms with E-state index in [1.54, 1.807) is 6.07 Å². The maximum absolute atomic E-state index is 11.8. The molecule has 1 aliphatic rings. The summed E-state index contributed by atoms with van der Waals surface area (Å²) in [6, 6.07) is 7.36. The maximum atomic E-state index is 11.8. The van der Waals surface area contributed by atoms with Gasteiger partial charge < -0.3 is 14.2 Å². The molecule has 2 aromatic rings. The number of nitrogens with zero attached hydrogens (tertiary/aromatic N) is 3. The third kappa shape index (κ3) is 3.71. The summed E-state index contributed by atoms with van der Waals surface area (Å²) in [5.41, 5.74) is 0.834. The van der Waals surface area contributed by atoms with Crippen molar-refractivity contribution in [2.45, 2.75) is 18.8 Å². The molecule has 7 heteroatoms. The molecule has 0 aliphatic carbocycles. The Hall–Kier alpha value is -1.92. The fourth-order valence-electron chi connectivity index (χ4n) is 2.74. The molecule has 1 aliphatic heterocycles. The predicted molar refractivity (Wildman–Crippen MR) is 85.2 cm³/mol. The molecule has 0 N–H and O–H groups in total. The van der Waals surface area contributed by atoms with Crippen LogP contribution in [0.15, 0.2) is 28.8 Å². The van der Waals surface area contributed by atoms with Crippen LogP contribution in [0.25, 0.3) is 11.4 Å². The van der Waals surface area contributed by atoms with Crippen molar-refractivity contribution in [2.75, 3.05) is 26.8 Å². The number of benzene rings is 1. The van der Waals surface area contributed by atoms with E-state index >= 15 is 0 Å². The number of methoxy groups -OCH3 is 1. The van der Waals surface area contributed by atoms with Gasteiger partial charge in [0.2, 0.25) is 17.6 Å². The van der Waals surface area contributed by atoms with Crippen molar-refractivity contribution in [1.82, 2.24) is 15.0 Å². The molecule has 2 heterocycles. The second-order valence-electron chi connectivity index (χ2n) is 5.55. The van der Waals surface area contributed by atoms with Crippen molar-refractivity contribution in [3.8, 4) is 11.4 Å². The van der Waals surface area contributed by atoms with Gasteiger partial charge in [-0.1, -0.05) is 28.9 Å². The van der Waals surface area contributed by atoms with Gasteiger partial charge in [0, 0.05) is 36.7 Å². The van der Waals surface area contributed by atoms with Crippen molar-refractivity contribution >= 4 is 17.5 Å². The highest BCUT2D eigenvalue weighted by Crippen LogP contribution is 2.29. The van der Waals surface area contributed by atoms with E-state index in [9.17, 15) is 4.79 Å². The molecule has 23 heavy (non-hydrogen) atoms. The van der Waals surface area contributed by atoms with Gasteiger partial charge in [-0.05, 0) is 25.0 Å². The normalized spacial score (nSPS) is 15.8. The smallest absolute Gasteiger partial charge is 0.248 e. The van der Waals surface area contributed by atoms with E-state index in [4.69, 9.17) is 20.9 Å². The number of carbonyl (C=O) groups excluding carboxylic acids is 1. The molecule has 1 aromatic carbocycles. The van der Waals surface area contributed by atoms with Crippen LogP contribution in [0, 0.1) is 0 Å². The van der Waals surface area contributed by atoms with Crippen LogP contribution in [0.1, 0.15) is 24.7 Å². The van der Waals surface area contributed by atoms with Crippen LogP contribution in [0.5, 0.6) is 0 Å². The van der Waals surface area contributed by atoms with Crippen LogP contribution < -0.4 is 0 Å². The molecule has 6 nitrogen and oxygen atoms in total. The Morgan fingerprint density at radius 1 is 1.43 bits per heavy atom. The first-order valence-corrected chi connectivity index (χ1v) is 7.91. The van der Waals surface area contributed by atoms with Crippen LogP contribution in [0.4, 0.5) is 0 Å². The Bertz CT molecular complexity index is 681. The number of ether oxygens (including phenoxy) is 1. The van der Waals surface area contributed by atoms with E-state index in [2.05, 4.69) is 10.1 Å². The van der Waals surface area contributed by atoms with Crippen molar-refractivity contribution < 1.29 is 14.1 Å². The minimum Gasteiger partial charge on any atom is -0.375 e. The van der Waals surface area contributed by atoms with E-state index in [1.165, 1.54) is 7.11 Å². The quantitative estimate of drug-likeness (QED) is 0.859. The lowest BCUT2D eigenvalue weighted by atomic mass is 9.97. The zero-order valence-electron chi connectivity index (χ0n) is 12.9. The molecule has 1 amide bonds. The number of likely N-dealkylation sites (tertiary alicyclic amines) is 1. The van der Waals surface area contributed by atoms with Gasteiger partial charge >= 0.3 is 0 Å². The summed E-state index contributed by atoms with van der Waals surface area (Å²) in [6.07, 6.45) is 1.62. The van der Waals surface area contributed by atoms with E-state index in [0.717, 1.165) is 18.4 Å². The average molecular weight is 336 g/mol. The number of aromatic nitrogens is 2. The highest BCUT2D eigenvalue weighted by atomic mass is 35.5. The molecule has 0 atom stereocenters. The average Bonchev–Trinajstić information content (AvgIpc) is 3.05. The lowest BCUT2D eigenvalue weighted by molar-refractivity contribution is -0.136. The second-order valence-corrected chi connectivity index (χ2v) is 5.99. The number of amides is 1. The Morgan fingerprint density at radius 3 is 2.91 bits per heavy atom. The van der Waals surface area contributed by atoms with E-state index in [1.807, 2.05) is 23.1 Å². The third-order valence-corrected chi connectivity index (χ3v) is 4.22. The number of piperidine rings is 1. The summed E-state index contributed by atoms with van der Waals surface area (Å²) in [5, 5.41) is 4.68. The van der Waals surface area contributed by atoms with Gasteiger partial charge in [0.15, 0.2) is 0 Å². The molecule has 0 bridgehead atoms. The topological polar surface area (TPSA) is 68.5 Å². The fourth-order valence-corrected chi connectivity index (χ4v) is 2.93. The van der Waals surface area contributed by atoms with Gasteiger partial charge in [-0.15, -0.1) is 0 Å². The Labute approximate surface area is 139 Å². The summed E-state index contributed by atoms with van der Waals surface area (Å²) in [4.78, 5) is 18.1. The number of rotatable bonds is 4. The van der Waals surface area contributed by atoms with Crippen LogP contribution >= 0.6 is 11.6 Å². The first kappa shape index (κ1) is 16.0. The summed E-state index contributed by atoms with van der Waals surface area (Å²) >= 11 is 5.99. The number of hydrogen-bond acceptors (Lipinski definition) is 5. The first-order valence-electron chi connectivity index (χ1n) is 7.53. The van der Waals surface area contributed by atoms with Gasteiger partial charge in [0.25, 0.3) is 0 Å². The van der Waals surface area contributed by atoms with E-state index in [0.29, 0.717) is 29.8 Å². The molecule has 3 rings (SSSR count). The standard InChI is InChI=1S/C16H18ClN3O3/c1-22-10-14(21)20-7-5-11(6-8-20)16-18-15(19-23-16)12-3-2-4-13(17)9-12/h2-4,9,11H,5-8,10H2,1H3. The summed E-state index contributed by atoms with van der Waals surface area (Å²) in [6.45, 7) is 1.49. The van der Waals surface area contributed by atoms with Crippen molar-refractivity contribution in [3.63, 3.8) is 0 Å². The van der Waals surface area contributed by atoms with Crippen LogP contribution in [-0.4, -0.2) is 47.8 Å². The molecule has 1 fully saturated rings. The van der Waals surface area contributed by atoms with Crippen molar-refractivity contribution in [2.24, 2.45) is 0 Å². The third-order valence-electron chi connectivity index (χ3n) is 3.99. The molecule has 0 saturated carbocycles. The number of halogens is 1.